The normalized spacial score (nSPS) is 10.9. The van der Waals surface area contributed by atoms with E-state index in [1.165, 1.54) is 0 Å². The molecular weight excluding hydrogens is 230 g/mol. The molecular formula is C13H17N3O2. The summed E-state index contributed by atoms with van der Waals surface area (Å²) in [5.41, 5.74) is 1.75. The number of ether oxygens (including phenoxy) is 1. The molecule has 0 fully saturated rings. The summed E-state index contributed by atoms with van der Waals surface area (Å²) in [4.78, 5) is 4.30. The van der Waals surface area contributed by atoms with Gasteiger partial charge in [0.2, 0.25) is 0 Å². The lowest BCUT2D eigenvalue weighted by molar-refractivity contribution is 0.242. The molecule has 5 heteroatoms. The largest absolute Gasteiger partial charge is 0.488 e. The van der Waals surface area contributed by atoms with Gasteiger partial charge in [-0.2, -0.15) is 5.10 Å². The first-order valence-corrected chi connectivity index (χ1v) is 5.88. The average molecular weight is 247 g/mol. The van der Waals surface area contributed by atoms with Crippen LogP contribution in [-0.4, -0.2) is 26.0 Å². The topological polar surface area (TPSA) is 60.2 Å². The summed E-state index contributed by atoms with van der Waals surface area (Å²) in [6.07, 6.45) is 5.23. The Bertz CT molecular complexity index is 535. The first-order valence-electron chi connectivity index (χ1n) is 5.88. The maximum Gasteiger partial charge on any atom is 0.158 e. The van der Waals surface area contributed by atoms with Gasteiger partial charge in [0.1, 0.15) is 0 Å². The molecule has 96 valence electrons. The summed E-state index contributed by atoms with van der Waals surface area (Å²) < 4.78 is 7.22. The maximum absolute atomic E-state index is 9.04. The van der Waals surface area contributed by atoms with Crippen molar-refractivity contribution in [3.8, 4) is 11.6 Å². The van der Waals surface area contributed by atoms with Gasteiger partial charge in [-0.25, -0.2) is 9.67 Å². The van der Waals surface area contributed by atoms with E-state index in [0.717, 1.165) is 22.7 Å². The van der Waals surface area contributed by atoms with Crippen molar-refractivity contribution < 1.29 is 9.84 Å². The zero-order valence-electron chi connectivity index (χ0n) is 10.8. The Labute approximate surface area is 106 Å². The van der Waals surface area contributed by atoms with E-state index in [0.29, 0.717) is 0 Å². The lowest BCUT2D eigenvalue weighted by Gasteiger charge is -2.07. The average Bonchev–Trinajstić information content (AvgIpc) is 2.76. The molecule has 0 radical (unpaired) electrons. The van der Waals surface area contributed by atoms with Crippen LogP contribution in [-0.2, 0) is 6.61 Å². The number of rotatable bonds is 4. The van der Waals surface area contributed by atoms with Crippen LogP contribution >= 0.6 is 0 Å². The van der Waals surface area contributed by atoms with Crippen LogP contribution in [0.2, 0.25) is 0 Å². The molecule has 2 aromatic heterocycles. The van der Waals surface area contributed by atoms with Crippen molar-refractivity contribution in [1.29, 1.82) is 0 Å². The third-order valence-electron chi connectivity index (χ3n) is 2.44. The lowest BCUT2D eigenvalue weighted by Crippen LogP contribution is -2.05. The van der Waals surface area contributed by atoms with Crippen molar-refractivity contribution in [2.45, 2.75) is 33.5 Å². The van der Waals surface area contributed by atoms with E-state index in [-0.39, 0.29) is 12.7 Å². The third-order valence-corrected chi connectivity index (χ3v) is 2.44. The Morgan fingerprint density at radius 1 is 1.39 bits per heavy atom. The minimum atomic E-state index is -0.00502. The smallest absolute Gasteiger partial charge is 0.158 e. The van der Waals surface area contributed by atoms with Gasteiger partial charge in [0.05, 0.1) is 25.1 Å². The molecule has 0 saturated heterocycles. The molecule has 0 saturated carbocycles. The quantitative estimate of drug-likeness (QED) is 0.895. The van der Waals surface area contributed by atoms with Crippen molar-refractivity contribution in [2.24, 2.45) is 0 Å². The molecule has 1 N–H and O–H groups in total. The fraction of sp³-hybridized carbons (Fsp3) is 0.385. The molecule has 2 heterocycles. The van der Waals surface area contributed by atoms with Gasteiger partial charge in [0.25, 0.3) is 0 Å². The summed E-state index contributed by atoms with van der Waals surface area (Å²) in [5.74, 6) is 1.46. The molecule has 0 bridgehead atoms. The highest BCUT2D eigenvalue weighted by Gasteiger charge is 2.07. The van der Waals surface area contributed by atoms with Gasteiger partial charge < -0.3 is 9.84 Å². The molecule has 0 amide bonds. The number of aliphatic hydroxyl groups is 1. The summed E-state index contributed by atoms with van der Waals surface area (Å²) in [5, 5.41) is 13.3. The minimum Gasteiger partial charge on any atom is -0.488 e. The van der Waals surface area contributed by atoms with Gasteiger partial charge in [-0.3, -0.25) is 0 Å². The van der Waals surface area contributed by atoms with E-state index in [9.17, 15) is 0 Å². The summed E-state index contributed by atoms with van der Waals surface area (Å²) in [6.45, 7) is 5.87. The van der Waals surface area contributed by atoms with E-state index in [4.69, 9.17) is 9.84 Å². The Kier molecular flexibility index (Phi) is 3.62. The second kappa shape index (κ2) is 5.18. The van der Waals surface area contributed by atoms with Crippen LogP contribution in [0.25, 0.3) is 5.82 Å². The molecule has 0 unspecified atom stereocenters. The number of hydrogen-bond acceptors (Lipinski definition) is 4. The lowest BCUT2D eigenvalue weighted by atomic mass is 10.2. The van der Waals surface area contributed by atoms with E-state index < -0.39 is 0 Å². The van der Waals surface area contributed by atoms with Gasteiger partial charge >= 0.3 is 0 Å². The van der Waals surface area contributed by atoms with Crippen molar-refractivity contribution in [3.63, 3.8) is 0 Å². The van der Waals surface area contributed by atoms with Crippen LogP contribution in [0.15, 0.2) is 24.7 Å². The van der Waals surface area contributed by atoms with Gasteiger partial charge in [-0.15, -0.1) is 0 Å². The van der Waals surface area contributed by atoms with E-state index in [1.54, 1.807) is 23.3 Å². The van der Waals surface area contributed by atoms with Gasteiger partial charge in [0.15, 0.2) is 11.6 Å². The van der Waals surface area contributed by atoms with Gasteiger partial charge in [-0.05, 0) is 38.0 Å². The molecule has 2 aromatic rings. The zero-order valence-corrected chi connectivity index (χ0v) is 10.8. The Hall–Kier alpha value is -1.88. The van der Waals surface area contributed by atoms with Crippen LogP contribution in [0.5, 0.6) is 5.75 Å². The predicted octanol–water partition coefficient (Wildman–Crippen LogP) is 1.86. The molecule has 5 nitrogen and oxygen atoms in total. The number of aliphatic hydroxyl groups excluding tert-OH is 1. The highest BCUT2D eigenvalue weighted by atomic mass is 16.5. The predicted molar refractivity (Wildman–Crippen MR) is 67.8 cm³/mol. The highest BCUT2D eigenvalue weighted by molar-refractivity contribution is 5.35. The first kappa shape index (κ1) is 12.6. The molecule has 2 rings (SSSR count). The van der Waals surface area contributed by atoms with Gasteiger partial charge in [-0.1, -0.05) is 0 Å². The summed E-state index contributed by atoms with van der Waals surface area (Å²) in [7, 11) is 0. The number of pyridine rings is 1. The Balaban J connectivity index is 2.28. The standard InChI is InChI=1S/C13H17N3O2/c1-9(2)18-12-6-15-16(7-12)13-10(3)4-11(8-17)5-14-13/h4-7,9,17H,8H2,1-3H3. The fourth-order valence-electron chi connectivity index (χ4n) is 1.71. The molecule has 0 aliphatic rings. The number of aromatic nitrogens is 3. The highest BCUT2D eigenvalue weighted by Crippen LogP contribution is 2.16. The zero-order chi connectivity index (χ0) is 13.1. The first-order chi connectivity index (χ1) is 8.60. The molecule has 0 atom stereocenters. The van der Waals surface area contributed by atoms with Gasteiger partial charge in [0, 0.05) is 6.20 Å². The fourth-order valence-corrected chi connectivity index (χ4v) is 1.71. The molecule has 0 spiro atoms. The molecule has 0 aliphatic heterocycles. The van der Waals surface area contributed by atoms with Crippen LogP contribution in [0.4, 0.5) is 0 Å². The van der Waals surface area contributed by atoms with Crippen molar-refractivity contribution in [1.82, 2.24) is 14.8 Å². The van der Waals surface area contributed by atoms with Crippen molar-refractivity contribution >= 4 is 0 Å². The van der Waals surface area contributed by atoms with Crippen LogP contribution < -0.4 is 4.74 Å². The number of hydrogen-bond donors (Lipinski definition) is 1. The van der Waals surface area contributed by atoms with E-state index >= 15 is 0 Å². The van der Waals surface area contributed by atoms with E-state index in [2.05, 4.69) is 10.1 Å². The second-order valence-electron chi connectivity index (χ2n) is 4.43. The minimum absolute atomic E-state index is 0.00502. The summed E-state index contributed by atoms with van der Waals surface area (Å²) >= 11 is 0. The monoisotopic (exact) mass is 247 g/mol. The van der Waals surface area contributed by atoms with E-state index in [1.807, 2.05) is 26.8 Å². The SMILES string of the molecule is Cc1cc(CO)cnc1-n1cc(OC(C)C)cn1. The number of nitrogens with zero attached hydrogens (tertiary/aromatic N) is 3. The Morgan fingerprint density at radius 3 is 2.78 bits per heavy atom. The second-order valence-corrected chi connectivity index (χ2v) is 4.43. The van der Waals surface area contributed by atoms with Crippen LogP contribution in [0.3, 0.4) is 0 Å². The summed E-state index contributed by atoms with van der Waals surface area (Å²) in [6, 6.07) is 1.90. The third kappa shape index (κ3) is 2.68. The molecule has 0 aliphatic carbocycles. The molecule has 0 aromatic carbocycles. The van der Waals surface area contributed by atoms with Crippen molar-refractivity contribution in [2.75, 3.05) is 0 Å². The van der Waals surface area contributed by atoms with Crippen LogP contribution in [0, 0.1) is 6.92 Å². The number of aryl methyl sites for hydroxylation is 1. The van der Waals surface area contributed by atoms with Crippen LogP contribution in [0.1, 0.15) is 25.0 Å². The maximum atomic E-state index is 9.04. The van der Waals surface area contributed by atoms with Crippen molar-refractivity contribution in [3.05, 3.63) is 35.8 Å². The molecule has 18 heavy (non-hydrogen) atoms. The Morgan fingerprint density at radius 2 is 2.17 bits per heavy atom.